The van der Waals surface area contributed by atoms with Gasteiger partial charge in [0.15, 0.2) is 5.96 Å². The zero-order valence-electron chi connectivity index (χ0n) is 18.7. The van der Waals surface area contributed by atoms with Gasteiger partial charge in [-0.15, -0.1) is 24.0 Å². The third kappa shape index (κ3) is 7.53. The molecule has 0 aliphatic rings. The molecule has 0 saturated carbocycles. The van der Waals surface area contributed by atoms with E-state index in [4.69, 9.17) is 9.26 Å². The Morgan fingerprint density at radius 1 is 1.14 bits per heavy atom. The van der Waals surface area contributed by atoms with Crippen molar-refractivity contribution < 1.29 is 9.26 Å². The molecule has 0 fully saturated rings. The molecule has 2 aromatic rings. The molecule has 1 heterocycles. The molecule has 6 nitrogen and oxygen atoms in total. The van der Waals surface area contributed by atoms with E-state index in [2.05, 4.69) is 80.5 Å². The standard InChI is InChI=1S/C22H34N4O2.HI/c1-8-18-17(19(9-2)28-26-18)14-25-21(23-7)24-13-16-11-10-15(3)12-20(16)27-22(4,5)6;/h10-12H,8-9,13-14H2,1-7H3,(H2,23,24,25);1H. The summed E-state index contributed by atoms with van der Waals surface area (Å²) in [5, 5.41) is 10.9. The van der Waals surface area contributed by atoms with Crippen LogP contribution in [0.3, 0.4) is 0 Å². The molecule has 0 amide bonds. The summed E-state index contributed by atoms with van der Waals surface area (Å²) in [6, 6.07) is 6.28. The van der Waals surface area contributed by atoms with E-state index in [1.165, 1.54) is 5.56 Å². The molecule has 2 N–H and O–H groups in total. The molecule has 0 saturated heterocycles. The van der Waals surface area contributed by atoms with E-state index in [0.717, 1.165) is 47.1 Å². The maximum atomic E-state index is 6.14. The van der Waals surface area contributed by atoms with Crippen molar-refractivity contribution in [3.63, 3.8) is 0 Å². The van der Waals surface area contributed by atoms with E-state index < -0.39 is 0 Å². The first-order valence-corrected chi connectivity index (χ1v) is 9.96. The van der Waals surface area contributed by atoms with Crippen molar-refractivity contribution in [2.75, 3.05) is 7.05 Å². The van der Waals surface area contributed by atoms with Crippen LogP contribution in [0, 0.1) is 6.92 Å². The van der Waals surface area contributed by atoms with Crippen molar-refractivity contribution in [2.24, 2.45) is 4.99 Å². The second kappa shape index (κ2) is 11.4. The van der Waals surface area contributed by atoms with Gasteiger partial charge in [-0.25, -0.2) is 0 Å². The summed E-state index contributed by atoms with van der Waals surface area (Å²) < 4.78 is 11.6. The first-order valence-electron chi connectivity index (χ1n) is 9.96. The van der Waals surface area contributed by atoms with Crippen molar-refractivity contribution >= 4 is 29.9 Å². The lowest BCUT2D eigenvalue weighted by atomic mass is 10.1. The van der Waals surface area contributed by atoms with Gasteiger partial charge in [-0.2, -0.15) is 0 Å². The van der Waals surface area contributed by atoms with E-state index in [-0.39, 0.29) is 29.6 Å². The van der Waals surface area contributed by atoms with Crippen molar-refractivity contribution in [2.45, 2.75) is 73.1 Å². The van der Waals surface area contributed by atoms with E-state index in [1.807, 2.05) is 0 Å². The monoisotopic (exact) mass is 514 g/mol. The number of guanidine groups is 1. The van der Waals surface area contributed by atoms with Gasteiger partial charge in [0.2, 0.25) is 0 Å². The predicted molar refractivity (Wildman–Crippen MR) is 129 cm³/mol. The highest BCUT2D eigenvalue weighted by Crippen LogP contribution is 2.24. The maximum absolute atomic E-state index is 6.14. The average Bonchev–Trinajstić information content (AvgIpc) is 3.04. The minimum absolute atomic E-state index is 0. The number of aliphatic imine (C=N–C) groups is 1. The van der Waals surface area contributed by atoms with Gasteiger partial charge in [-0.3, -0.25) is 4.99 Å². The lowest BCUT2D eigenvalue weighted by molar-refractivity contribution is 0.129. The van der Waals surface area contributed by atoms with Crippen LogP contribution in [0.5, 0.6) is 5.75 Å². The summed E-state index contributed by atoms with van der Waals surface area (Å²) in [4.78, 5) is 4.34. The highest BCUT2D eigenvalue weighted by molar-refractivity contribution is 14.0. The number of nitrogens with zero attached hydrogens (tertiary/aromatic N) is 2. The number of halogens is 1. The topological polar surface area (TPSA) is 71.7 Å². The van der Waals surface area contributed by atoms with Crippen LogP contribution in [-0.4, -0.2) is 23.8 Å². The molecule has 0 unspecified atom stereocenters. The van der Waals surface area contributed by atoms with Gasteiger partial charge in [0.1, 0.15) is 17.1 Å². The fourth-order valence-electron chi connectivity index (χ4n) is 2.94. The second-order valence-electron chi connectivity index (χ2n) is 7.84. The van der Waals surface area contributed by atoms with E-state index in [1.54, 1.807) is 7.05 Å². The van der Waals surface area contributed by atoms with Crippen molar-refractivity contribution in [1.82, 2.24) is 15.8 Å². The van der Waals surface area contributed by atoms with Crippen LogP contribution in [0.4, 0.5) is 0 Å². The molecular weight excluding hydrogens is 479 g/mol. The molecule has 162 valence electrons. The quantitative estimate of drug-likeness (QED) is 0.317. The Bertz CT molecular complexity index is 788. The summed E-state index contributed by atoms with van der Waals surface area (Å²) in [6.07, 6.45) is 1.68. The summed E-state index contributed by atoms with van der Waals surface area (Å²) in [7, 11) is 1.77. The van der Waals surface area contributed by atoms with Crippen LogP contribution in [0.2, 0.25) is 0 Å². The van der Waals surface area contributed by atoms with Crippen LogP contribution in [0.1, 0.15) is 62.8 Å². The number of aromatic nitrogens is 1. The molecule has 0 atom stereocenters. The highest BCUT2D eigenvalue weighted by atomic mass is 127. The molecule has 2 rings (SSSR count). The normalized spacial score (nSPS) is 11.8. The van der Waals surface area contributed by atoms with Crippen LogP contribution >= 0.6 is 24.0 Å². The Labute approximate surface area is 191 Å². The largest absolute Gasteiger partial charge is 0.488 e. The Kier molecular flexibility index (Phi) is 9.95. The molecule has 0 spiro atoms. The van der Waals surface area contributed by atoms with E-state index in [0.29, 0.717) is 13.1 Å². The SMILES string of the molecule is CCc1noc(CC)c1CNC(=NC)NCc1ccc(C)cc1OC(C)(C)C.I. The van der Waals surface area contributed by atoms with E-state index in [9.17, 15) is 0 Å². The first kappa shape index (κ1) is 25.3. The van der Waals surface area contributed by atoms with Crippen LogP contribution in [-0.2, 0) is 25.9 Å². The molecule has 7 heteroatoms. The third-order valence-corrected chi connectivity index (χ3v) is 4.35. The lowest BCUT2D eigenvalue weighted by Crippen LogP contribution is -2.37. The average molecular weight is 514 g/mol. The zero-order chi connectivity index (χ0) is 20.7. The van der Waals surface area contributed by atoms with Crippen LogP contribution in [0.25, 0.3) is 0 Å². The van der Waals surface area contributed by atoms with Crippen molar-refractivity contribution in [1.29, 1.82) is 0 Å². The number of nitrogens with one attached hydrogen (secondary N) is 2. The highest BCUT2D eigenvalue weighted by Gasteiger charge is 2.16. The van der Waals surface area contributed by atoms with Crippen molar-refractivity contribution in [3.8, 4) is 5.75 Å². The summed E-state index contributed by atoms with van der Waals surface area (Å²) in [6.45, 7) is 13.7. The molecule has 0 aliphatic carbocycles. The fourth-order valence-corrected chi connectivity index (χ4v) is 2.94. The number of aryl methyl sites for hydroxylation is 3. The van der Waals surface area contributed by atoms with Gasteiger partial charge in [0, 0.05) is 37.7 Å². The fraction of sp³-hybridized carbons (Fsp3) is 0.545. The Morgan fingerprint density at radius 3 is 2.41 bits per heavy atom. The van der Waals surface area contributed by atoms with Gasteiger partial charge in [0.25, 0.3) is 0 Å². The number of hydrogen-bond acceptors (Lipinski definition) is 4. The Hall–Kier alpha value is -1.77. The molecule has 1 aromatic carbocycles. The molecule has 0 aliphatic heterocycles. The van der Waals surface area contributed by atoms with Gasteiger partial charge in [0.05, 0.1) is 5.69 Å². The minimum Gasteiger partial charge on any atom is -0.488 e. The van der Waals surface area contributed by atoms with Gasteiger partial charge in [-0.05, 0) is 45.7 Å². The molecule has 0 bridgehead atoms. The number of rotatable bonds is 7. The second-order valence-corrected chi connectivity index (χ2v) is 7.84. The third-order valence-electron chi connectivity index (χ3n) is 4.35. The number of ether oxygens (including phenoxy) is 1. The summed E-state index contributed by atoms with van der Waals surface area (Å²) in [5.41, 5.74) is 4.15. The Balaban J connectivity index is 0.00000420. The molecule has 1 aromatic heterocycles. The first-order chi connectivity index (χ1) is 13.3. The summed E-state index contributed by atoms with van der Waals surface area (Å²) >= 11 is 0. The van der Waals surface area contributed by atoms with Gasteiger partial charge in [-0.1, -0.05) is 31.1 Å². The summed E-state index contributed by atoms with van der Waals surface area (Å²) in [5.74, 6) is 2.56. The predicted octanol–water partition coefficient (Wildman–Crippen LogP) is 4.77. The smallest absolute Gasteiger partial charge is 0.191 e. The maximum Gasteiger partial charge on any atom is 0.191 e. The number of hydrogen-bond donors (Lipinski definition) is 2. The van der Waals surface area contributed by atoms with Gasteiger partial charge >= 0.3 is 0 Å². The number of benzene rings is 1. The van der Waals surface area contributed by atoms with Crippen LogP contribution in [0.15, 0.2) is 27.7 Å². The van der Waals surface area contributed by atoms with Gasteiger partial charge < -0.3 is 19.9 Å². The Morgan fingerprint density at radius 2 is 1.83 bits per heavy atom. The minimum atomic E-state index is -0.246. The van der Waals surface area contributed by atoms with E-state index >= 15 is 0 Å². The zero-order valence-corrected chi connectivity index (χ0v) is 21.0. The molecule has 29 heavy (non-hydrogen) atoms. The molecular formula is C22H35IN4O2. The lowest BCUT2D eigenvalue weighted by Gasteiger charge is -2.24. The van der Waals surface area contributed by atoms with Crippen molar-refractivity contribution in [3.05, 3.63) is 46.3 Å². The molecule has 0 radical (unpaired) electrons. The van der Waals surface area contributed by atoms with Crippen LogP contribution < -0.4 is 15.4 Å².